The zero-order valence-electron chi connectivity index (χ0n) is 15.8. The number of tetrazole rings is 1. The van der Waals surface area contributed by atoms with Crippen LogP contribution in [-0.4, -0.2) is 65.2 Å². The van der Waals surface area contributed by atoms with E-state index in [0.717, 1.165) is 0 Å². The predicted octanol–water partition coefficient (Wildman–Crippen LogP) is 0.493. The lowest BCUT2D eigenvalue weighted by Crippen LogP contribution is -2.42. The van der Waals surface area contributed by atoms with Crippen molar-refractivity contribution in [3.05, 3.63) is 24.8 Å². The van der Waals surface area contributed by atoms with Crippen molar-refractivity contribution in [3.8, 4) is 22.9 Å². The average Bonchev–Trinajstić information content (AvgIpc) is 3.41. The minimum Gasteiger partial charge on any atom is -0.358 e. The minimum absolute atomic E-state index is 0.172. The van der Waals surface area contributed by atoms with Crippen LogP contribution in [0.3, 0.4) is 0 Å². The Morgan fingerprint density at radius 3 is 2.87 bits per heavy atom. The monoisotopic (exact) mass is 434 g/mol. The number of carbonyl (C=O) groups excluding carboxylic acids is 1. The number of aromatic amines is 3. The molecule has 0 radical (unpaired) electrons. The Morgan fingerprint density at radius 2 is 2.13 bits per heavy atom. The van der Waals surface area contributed by atoms with Crippen molar-refractivity contribution in [3.63, 3.8) is 0 Å². The van der Waals surface area contributed by atoms with E-state index >= 15 is 0 Å². The summed E-state index contributed by atoms with van der Waals surface area (Å²) in [6, 6.07) is 0.447. The third-order valence-electron chi connectivity index (χ3n) is 4.16. The molecule has 5 N–H and O–H groups in total. The molecular formula is C16H15F3N11O+. The molecule has 4 aromatic rings. The molecule has 31 heavy (non-hydrogen) atoms. The van der Waals surface area contributed by atoms with Gasteiger partial charge in [0, 0.05) is 12.3 Å². The van der Waals surface area contributed by atoms with E-state index in [2.05, 4.69) is 50.9 Å². The van der Waals surface area contributed by atoms with Crippen LogP contribution in [0.5, 0.6) is 0 Å². The number of aromatic nitrogens is 9. The molecule has 0 bridgehead atoms. The van der Waals surface area contributed by atoms with Crippen LogP contribution in [0.25, 0.3) is 33.9 Å². The van der Waals surface area contributed by atoms with Crippen molar-refractivity contribution in [1.82, 2.24) is 45.9 Å². The van der Waals surface area contributed by atoms with E-state index in [9.17, 15) is 18.0 Å². The smallest absolute Gasteiger partial charge is 0.358 e. The molecule has 0 aliphatic rings. The van der Waals surface area contributed by atoms with Gasteiger partial charge in [-0.15, -0.1) is 10.2 Å². The number of alkyl halides is 3. The van der Waals surface area contributed by atoms with Crippen molar-refractivity contribution in [2.45, 2.75) is 19.1 Å². The van der Waals surface area contributed by atoms with Crippen LogP contribution in [0.1, 0.15) is 6.92 Å². The Bertz CT molecular complexity index is 1210. The molecule has 0 aliphatic heterocycles. The molecule has 4 heterocycles. The van der Waals surface area contributed by atoms with E-state index in [0.29, 0.717) is 16.6 Å². The number of hydrogen-bond acceptors (Lipinski definition) is 8. The number of rotatable bonds is 6. The molecule has 1 amide bonds. The van der Waals surface area contributed by atoms with Gasteiger partial charge in [-0.2, -0.15) is 18.4 Å². The molecule has 160 valence electrons. The maximum absolute atomic E-state index is 12.4. The lowest BCUT2D eigenvalue weighted by molar-refractivity contribution is -0.380. The standard InChI is InChI=1S/C16H14F3N11O/c1-7(15(31)22-5-16(17,18)19)24-11-2-10(14-27-29-30-28-14)25-13(26-11)9-4-21-12-8(9)3-20-6-23-12/h2-4,6-7H,5H2,1H3,(H,22,31)(H,20,21,23)(H,24,25,26)(H,27,28,29,30)/p+1/t7-/m0/s1. The molecule has 0 aliphatic carbocycles. The van der Waals surface area contributed by atoms with Crippen molar-refractivity contribution < 1.29 is 22.9 Å². The predicted molar refractivity (Wildman–Crippen MR) is 99.0 cm³/mol. The van der Waals surface area contributed by atoms with E-state index < -0.39 is 24.7 Å². The van der Waals surface area contributed by atoms with E-state index in [1.165, 1.54) is 19.3 Å². The normalized spacial score (nSPS) is 12.6. The highest BCUT2D eigenvalue weighted by atomic mass is 19.4. The van der Waals surface area contributed by atoms with Crippen LogP contribution in [0.2, 0.25) is 0 Å². The quantitative estimate of drug-likeness (QED) is 0.341. The highest BCUT2D eigenvalue weighted by Crippen LogP contribution is 2.27. The Hall–Kier alpha value is -4.17. The molecule has 4 rings (SSSR count). The summed E-state index contributed by atoms with van der Waals surface area (Å²) in [6.45, 7) is -0.0219. The Morgan fingerprint density at radius 1 is 1.29 bits per heavy atom. The van der Waals surface area contributed by atoms with Gasteiger partial charge in [0.05, 0.1) is 10.9 Å². The molecular weight excluding hydrogens is 419 g/mol. The number of nitrogens with one attached hydrogen (secondary N) is 5. The van der Waals surface area contributed by atoms with Crippen molar-refractivity contribution in [2.24, 2.45) is 0 Å². The summed E-state index contributed by atoms with van der Waals surface area (Å²) in [4.78, 5) is 30.9. The number of fused-ring (bicyclic) bond motifs is 1. The molecule has 0 saturated heterocycles. The van der Waals surface area contributed by atoms with E-state index in [1.54, 1.807) is 12.4 Å². The summed E-state index contributed by atoms with van der Waals surface area (Å²) in [6.07, 6.45) is 0.361. The summed E-state index contributed by atoms with van der Waals surface area (Å²) in [5, 5.41) is 18.9. The topological polar surface area (TPSA) is 164 Å². The second kappa shape index (κ2) is 7.92. The van der Waals surface area contributed by atoms with Gasteiger partial charge in [-0.05, 0) is 17.1 Å². The first-order valence-electron chi connectivity index (χ1n) is 8.87. The highest BCUT2D eigenvalue weighted by molar-refractivity contribution is 5.91. The molecule has 15 heteroatoms. The Labute approximate surface area is 171 Å². The molecule has 0 aromatic carbocycles. The average molecular weight is 434 g/mol. The maximum Gasteiger partial charge on any atom is 0.405 e. The second-order valence-corrected chi connectivity index (χ2v) is 6.43. The van der Waals surface area contributed by atoms with Gasteiger partial charge >= 0.3 is 6.18 Å². The fraction of sp³-hybridized carbons (Fsp3) is 0.250. The number of anilines is 1. The first kappa shape index (κ1) is 20.1. The molecule has 1 atom stereocenters. The number of carbonyl (C=O) groups is 1. The molecule has 0 fully saturated rings. The third-order valence-corrected chi connectivity index (χ3v) is 4.16. The molecule has 12 nitrogen and oxygen atoms in total. The maximum atomic E-state index is 12.4. The van der Waals surface area contributed by atoms with Gasteiger partial charge in [0.25, 0.3) is 12.0 Å². The van der Waals surface area contributed by atoms with Gasteiger partial charge < -0.3 is 15.6 Å². The van der Waals surface area contributed by atoms with Crippen molar-refractivity contribution in [1.29, 1.82) is 0 Å². The number of nitrogens with zero attached hydrogens (tertiary/aromatic N) is 6. The van der Waals surface area contributed by atoms with Crippen LogP contribution < -0.4 is 15.6 Å². The SMILES string of the molecule is C[C@H](Nc1cc(-c2nn[nH]n2)nc(-c2c[nH]c3nc[nH+]cc23)n1)C(=O)NCC(F)(F)F. The zero-order valence-corrected chi connectivity index (χ0v) is 15.8. The number of H-pyrrole nitrogens is 3. The van der Waals surface area contributed by atoms with E-state index in [-0.39, 0.29) is 23.2 Å². The Kier molecular flexibility index (Phi) is 5.14. The first-order valence-corrected chi connectivity index (χ1v) is 8.87. The summed E-state index contributed by atoms with van der Waals surface area (Å²) < 4.78 is 37.1. The van der Waals surface area contributed by atoms with Gasteiger partial charge in [0.2, 0.25) is 11.7 Å². The van der Waals surface area contributed by atoms with Crippen molar-refractivity contribution in [2.75, 3.05) is 11.9 Å². The fourth-order valence-corrected chi connectivity index (χ4v) is 2.74. The Balaban J connectivity index is 1.67. The zero-order chi connectivity index (χ0) is 22.0. The van der Waals surface area contributed by atoms with Gasteiger partial charge in [0.1, 0.15) is 30.3 Å². The van der Waals surface area contributed by atoms with Gasteiger partial charge in [-0.25, -0.2) is 15.0 Å². The second-order valence-electron chi connectivity index (χ2n) is 6.43. The summed E-state index contributed by atoms with van der Waals surface area (Å²) in [7, 11) is 0. The van der Waals surface area contributed by atoms with Crippen LogP contribution in [0.15, 0.2) is 24.8 Å². The van der Waals surface area contributed by atoms with E-state index in [4.69, 9.17) is 0 Å². The lowest BCUT2D eigenvalue weighted by atomic mass is 10.2. The molecule has 0 unspecified atom stereocenters. The van der Waals surface area contributed by atoms with Crippen LogP contribution in [0, 0.1) is 0 Å². The summed E-state index contributed by atoms with van der Waals surface area (Å²) in [5.74, 6) is -0.239. The summed E-state index contributed by atoms with van der Waals surface area (Å²) >= 11 is 0. The van der Waals surface area contributed by atoms with Crippen LogP contribution in [0.4, 0.5) is 19.0 Å². The van der Waals surface area contributed by atoms with Gasteiger partial charge in [-0.3, -0.25) is 4.79 Å². The van der Waals surface area contributed by atoms with Gasteiger partial charge in [0.15, 0.2) is 5.82 Å². The van der Waals surface area contributed by atoms with Gasteiger partial charge in [-0.1, -0.05) is 0 Å². The number of amides is 1. The minimum atomic E-state index is -4.51. The largest absolute Gasteiger partial charge is 0.405 e. The van der Waals surface area contributed by atoms with E-state index in [1.807, 2.05) is 5.32 Å². The number of halogens is 3. The summed E-state index contributed by atoms with van der Waals surface area (Å²) in [5.41, 5.74) is 1.48. The van der Waals surface area contributed by atoms with Crippen LogP contribution in [-0.2, 0) is 4.79 Å². The lowest BCUT2D eigenvalue weighted by Gasteiger charge is -2.16. The third kappa shape index (κ3) is 4.54. The molecule has 0 spiro atoms. The number of hydrogen-bond donors (Lipinski definition) is 4. The molecule has 4 aromatic heterocycles. The molecule has 0 saturated carbocycles. The first-order chi connectivity index (χ1) is 14.8. The van der Waals surface area contributed by atoms with Crippen LogP contribution >= 0.6 is 0 Å². The fourth-order valence-electron chi connectivity index (χ4n) is 2.74. The highest BCUT2D eigenvalue weighted by Gasteiger charge is 2.29. The van der Waals surface area contributed by atoms with Crippen molar-refractivity contribution >= 4 is 22.8 Å².